The van der Waals surface area contributed by atoms with E-state index < -0.39 is 11.9 Å². The lowest BCUT2D eigenvalue weighted by Gasteiger charge is -2.37. The van der Waals surface area contributed by atoms with Gasteiger partial charge in [0.1, 0.15) is 0 Å². The zero-order chi connectivity index (χ0) is 15.7. The molecule has 0 aliphatic carbocycles. The minimum Gasteiger partial charge on any atom is -0.481 e. The van der Waals surface area contributed by atoms with E-state index in [1.165, 1.54) is 25.7 Å². The molecular weight excluding hydrogens is 270 g/mol. The Morgan fingerprint density at radius 1 is 1.00 bits per heavy atom. The van der Waals surface area contributed by atoms with Crippen LogP contribution >= 0.6 is 0 Å². The summed E-state index contributed by atoms with van der Waals surface area (Å²) >= 11 is 0. The van der Waals surface area contributed by atoms with Crippen molar-refractivity contribution in [3.8, 4) is 0 Å². The second-order valence-electron chi connectivity index (χ2n) is 6.22. The van der Waals surface area contributed by atoms with Crippen molar-refractivity contribution < 1.29 is 19.8 Å². The van der Waals surface area contributed by atoms with Gasteiger partial charge in [0.2, 0.25) is 0 Å². The van der Waals surface area contributed by atoms with Gasteiger partial charge in [-0.2, -0.15) is 0 Å². The fraction of sp³-hybridized carbons (Fsp3) is 0.875. The molecule has 0 unspecified atom stereocenters. The molecule has 1 aliphatic rings. The summed E-state index contributed by atoms with van der Waals surface area (Å²) in [5.41, 5.74) is 0. The highest BCUT2D eigenvalue weighted by atomic mass is 16.4. The van der Waals surface area contributed by atoms with E-state index in [2.05, 4.69) is 11.8 Å². The minimum absolute atomic E-state index is 0.00920. The number of piperidine rings is 1. The van der Waals surface area contributed by atoms with E-state index in [-0.39, 0.29) is 24.7 Å². The summed E-state index contributed by atoms with van der Waals surface area (Å²) in [6.45, 7) is 4.85. The number of hydrogen-bond donors (Lipinski definition) is 2. The summed E-state index contributed by atoms with van der Waals surface area (Å²) in [5, 5.41) is 18.0. The van der Waals surface area contributed by atoms with Gasteiger partial charge in [-0.1, -0.05) is 32.6 Å². The van der Waals surface area contributed by atoms with E-state index in [4.69, 9.17) is 10.2 Å². The largest absolute Gasteiger partial charge is 0.481 e. The Balaban J connectivity index is 2.38. The number of nitrogens with zero attached hydrogens (tertiary/aromatic N) is 1. The molecule has 0 aromatic rings. The molecule has 2 N–H and O–H groups in total. The monoisotopic (exact) mass is 299 g/mol. The van der Waals surface area contributed by atoms with Crippen molar-refractivity contribution in [2.24, 2.45) is 11.8 Å². The van der Waals surface area contributed by atoms with Crippen molar-refractivity contribution in [3.63, 3.8) is 0 Å². The Morgan fingerprint density at radius 3 is 2.24 bits per heavy atom. The van der Waals surface area contributed by atoms with Crippen molar-refractivity contribution in [2.45, 2.75) is 58.3 Å². The van der Waals surface area contributed by atoms with Gasteiger partial charge >= 0.3 is 11.9 Å². The van der Waals surface area contributed by atoms with Crippen molar-refractivity contribution >= 4 is 11.9 Å². The molecule has 1 aliphatic heterocycles. The van der Waals surface area contributed by atoms with E-state index in [0.717, 1.165) is 32.5 Å². The van der Waals surface area contributed by atoms with Crippen molar-refractivity contribution in [1.82, 2.24) is 4.90 Å². The quantitative estimate of drug-likeness (QED) is 0.606. The lowest BCUT2D eigenvalue weighted by atomic mass is 9.81. The van der Waals surface area contributed by atoms with Gasteiger partial charge in [-0.15, -0.1) is 0 Å². The van der Waals surface area contributed by atoms with Crippen molar-refractivity contribution in [1.29, 1.82) is 0 Å². The fourth-order valence-electron chi connectivity index (χ4n) is 3.25. The van der Waals surface area contributed by atoms with Gasteiger partial charge in [0.05, 0.1) is 0 Å². The number of hydrogen-bond acceptors (Lipinski definition) is 3. The zero-order valence-electron chi connectivity index (χ0n) is 13.1. The van der Waals surface area contributed by atoms with Gasteiger partial charge in [-0.3, -0.25) is 9.59 Å². The lowest BCUT2D eigenvalue weighted by molar-refractivity contribution is -0.143. The molecule has 21 heavy (non-hydrogen) atoms. The van der Waals surface area contributed by atoms with Gasteiger partial charge < -0.3 is 15.1 Å². The van der Waals surface area contributed by atoms with Gasteiger partial charge in [-0.25, -0.2) is 0 Å². The highest BCUT2D eigenvalue weighted by Gasteiger charge is 2.31. The standard InChI is InChI=1S/C16H29NO4/c1-2-3-4-5-6-8-17-9-7-13(10-15(18)19)14(12-17)11-16(20)21/h13-14H,2-12H2,1H3,(H,18,19)(H,20,21)/t13-,14-/m0/s1. The second kappa shape index (κ2) is 9.77. The molecule has 0 amide bonds. The first-order valence-electron chi connectivity index (χ1n) is 8.18. The average Bonchev–Trinajstić information content (AvgIpc) is 2.40. The van der Waals surface area contributed by atoms with E-state index in [0.29, 0.717) is 0 Å². The third kappa shape index (κ3) is 7.46. The first-order valence-corrected chi connectivity index (χ1v) is 8.18. The number of likely N-dealkylation sites (tertiary alicyclic amines) is 1. The summed E-state index contributed by atoms with van der Waals surface area (Å²) < 4.78 is 0. The van der Waals surface area contributed by atoms with Crippen LogP contribution in [-0.2, 0) is 9.59 Å². The number of unbranched alkanes of at least 4 members (excludes halogenated alkanes) is 4. The summed E-state index contributed by atoms with van der Waals surface area (Å²) in [5.74, 6) is -1.65. The number of carboxylic acid groups (broad SMARTS) is 2. The van der Waals surface area contributed by atoms with Crippen LogP contribution in [0.3, 0.4) is 0 Å². The molecule has 1 heterocycles. The normalized spacial score (nSPS) is 23.1. The first-order chi connectivity index (χ1) is 10.0. The molecule has 0 radical (unpaired) electrons. The highest BCUT2D eigenvalue weighted by Crippen LogP contribution is 2.29. The van der Waals surface area contributed by atoms with E-state index in [1.54, 1.807) is 0 Å². The molecule has 0 saturated carbocycles. The first kappa shape index (κ1) is 18.0. The van der Waals surface area contributed by atoms with Crippen LogP contribution in [0.2, 0.25) is 0 Å². The second-order valence-corrected chi connectivity index (χ2v) is 6.22. The van der Waals surface area contributed by atoms with Crippen molar-refractivity contribution in [2.75, 3.05) is 19.6 Å². The molecule has 1 saturated heterocycles. The summed E-state index contributed by atoms with van der Waals surface area (Å²) in [7, 11) is 0. The zero-order valence-corrected chi connectivity index (χ0v) is 13.1. The summed E-state index contributed by atoms with van der Waals surface area (Å²) in [6.07, 6.45) is 7.16. The van der Waals surface area contributed by atoms with Crippen LogP contribution in [0.5, 0.6) is 0 Å². The molecular formula is C16H29NO4. The lowest BCUT2D eigenvalue weighted by Crippen LogP contribution is -2.42. The smallest absolute Gasteiger partial charge is 0.303 e. The van der Waals surface area contributed by atoms with E-state index in [9.17, 15) is 9.59 Å². The maximum atomic E-state index is 11.0. The third-order valence-electron chi connectivity index (χ3n) is 4.43. The number of rotatable bonds is 10. The Kier molecular flexibility index (Phi) is 8.35. The van der Waals surface area contributed by atoms with Crippen LogP contribution in [-0.4, -0.2) is 46.7 Å². The van der Waals surface area contributed by atoms with Crippen LogP contribution in [0.15, 0.2) is 0 Å². The van der Waals surface area contributed by atoms with Crippen LogP contribution in [0.4, 0.5) is 0 Å². The van der Waals surface area contributed by atoms with E-state index in [1.807, 2.05) is 0 Å². The van der Waals surface area contributed by atoms with E-state index >= 15 is 0 Å². The number of carboxylic acids is 2. The maximum absolute atomic E-state index is 11.0. The molecule has 5 nitrogen and oxygen atoms in total. The van der Waals surface area contributed by atoms with Crippen LogP contribution < -0.4 is 0 Å². The Bertz CT molecular complexity index is 332. The van der Waals surface area contributed by atoms with Crippen LogP contribution in [0, 0.1) is 11.8 Å². The number of aliphatic carboxylic acids is 2. The Morgan fingerprint density at radius 2 is 1.62 bits per heavy atom. The average molecular weight is 299 g/mol. The third-order valence-corrected chi connectivity index (χ3v) is 4.43. The predicted octanol–water partition coefficient (Wildman–Crippen LogP) is 2.84. The molecule has 1 fully saturated rings. The fourth-order valence-corrected chi connectivity index (χ4v) is 3.25. The van der Waals surface area contributed by atoms with Crippen LogP contribution in [0.25, 0.3) is 0 Å². The maximum Gasteiger partial charge on any atom is 0.303 e. The van der Waals surface area contributed by atoms with Crippen molar-refractivity contribution in [3.05, 3.63) is 0 Å². The Labute approximate surface area is 127 Å². The highest BCUT2D eigenvalue weighted by molar-refractivity contribution is 5.68. The molecule has 0 aromatic heterocycles. The predicted molar refractivity (Wildman–Crippen MR) is 81.3 cm³/mol. The molecule has 1 rings (SSSR count). The van der Waals surface area contributed by atoms with Gasteiger partial charge in [0.25, 0.3) is 0 Å². The minimum atomic E-state index is -0.819. The van der Waals surface area contributed by atoms with Gasteiger partial charge in [-0.05, 0) is 37.8 Å². The molecule has 0 aromatic carbocycles. The van der Waals surface area contributed by atoms with Gasteiger partial charge in [0.15, 0.2) is 0 Å². The van der Waals surface area contributed by atoms with Gasteiger partial charge in [0, 0.05) is 19.4 Å². The summed E-state index contributed by atoms with van der Waals surface area (Å²) in [6, 6.07) is 0. The molecule has 122 valence electrons. The van der Waals surface area contributed by atoms with Crippen LogP contribution in [0.1, 0.15) is 58.3 Å². The number of carbonyl (C=O) groups is 2. The topological polar surface area (TPSA) is 77.8 Å². The molecule has 0 bridgehead atoms. The molecule has 2 atom stereocenters. The summed E-state index contributed by atoms with van der Waals surface area (Å²) in [4.78, 5) is 24.2. The molecule has 5 heteroatoms. The Hall–Kier alpha value is -1.10. The molecule has 0 spiro atoms. The SMILES string of the molecule is CCCCCCCN1CC[C@@H](CC(=O)O)[C@@H](CC(=O)O)C1.